The van der Waals surface area contributed by atoms with E-state index in [4.69, 9.17) is 4.74 Å². The molecule has 6 nitrogen and oxygen atoms in total. The first-order chi connectivity index (χ1) is 10.4. The summed E-state index contributed by atoms with van der Waals surface area (Å²) in [5, 5.41) is 6.06. The van der Waals surface area contributed by atoms with Gasteiger partial charge in [0, 0.05) is 31.9 Å². The lowest BCUT2D eigenvalue weighted by atomic mass is 10.2. The number of ether oxygens (including phenoxy) is 1. The Balaban J connectivity index is 1.76. The van der Waals surface area contributed by atoms with E-state index in [1.54, 1.807) is 0 Å². The van der Waals surface area contributed by atoms with Gasteiger partial charge >= 0.3 is 6.18 Å². The number of hydrogen-bond acceptors (Lipinski definition) is 4. The van der Waals surface area contributed by atoms with Crippen LogP contribution in [-0.2, 0) is 22.3 Å². The maximum absolute atomic E-state index is 12.4. The standard InChI is InChI=1S/C13H19F3N4O2/c1-10(19-4-6-22-7-5-19)8-17-12(21)9-20-3-2-11(18-20)13(14,15)16/h2-3,10H,4-9H2,1H3,(H,17,21). The van der Waals surface area contributed by atoms with Gasteiger partial charge in [-0.2, -0.15) is 18.3 Å². The largest absolute Gasteiger partial charge is 0.435 e. The number of carbonyl (C=O) groups is 1. The number of halogens is 3. The van der Waals surface area contributed by atoms with Gasteiger partial charge in [-0.1, -0.05) is 0 Å². The highest BCUT2D eigenvalue weighted by molar-refractivity contribution is 5.75. The van der Waals surface area contributed by atoms with Crippen LogP contribution in [0.5, 0.6) is 0 Å². The van der Waals surface area contributed by atoms with Gasteiger partial charge in [0.05, 0.1) is 13.2 Å². The first-order valence-electron chi connectivity index (χ1n) is 7.05. The van der Waals surface area contributed by atoms with Crippen molar-refractivity contribution in [2.75, 3.05) is 32.8 Å². The molecule has 2 rings (SSSR count). The first-order valence-corrected chi connectivity index (χ1v) is 7.05. The highest BCUT2D eigenvalue weighted by Gasteiger charge is 2.33. The number of rotatable bonds is 5. The molecule has 1 N–H and O–H groups in total. The van der Waals surface area contributed by atoms with Gasteiger partial charge in [0.15, 0.2) is 5.69 Å². The average molecular weight is 320 g/mol. The van der Waals surface area contributed by atoms with Gasteiger partial charge in [-0.25, -0.2) is 0 Å². The van der Waals surface area contributed by atoms with E-state index in [2.05, 4.69) is 15.3 Å². The van der Waals surface area contributed by atoms with Gasteiger partial charge in [-0.05, 0) is 13.0 Å². The molecule has 0 bridgehead atoms. The quantitative estimate of drug-likeness (QED) is 0.869. The molecular formula is C13H19F3N4O2. The molecule has 124 valence electrons. The van der Waals surface area contributed by atoms with E-state index < -0.39 is 11.9 Å². The third-order valence-corrected chi connectivity index (χ3v) is 3.50. The van der Waals surface area contributed by atoms with Crippen LogP contribution in [0.2, 0.25) is 0 Å². The molecule has 0 radical (unpaired) electrons. The zero-order valence-electron chi connectivity index (χ0n) is 12.3. The number of nitrogens with zero attached hydrogens (tertiary/aromatic N) is 3. The smallest absolute Gasteiger partial charge is 0.379 e. The maximum Gasteiger partial charge on any atom is 0.435 e. The summed E-state index contributed by atoms with van der Waals surface area (Å²) in [5.74, 6) is -0.364. The van der Waals surface area contributed by atoms with Crippen molar-refractivity contribution >= 4 is 5.91 Å². The number of carbonyl (C=O) groups excluding carboxylic acids is 1. The minimum Gasteiger partial charge on any atom is -0.379 e. The predicted octanol–water partition coefficient (Wildman–Crippen LogP) is 0.739. The Bertz CT molecular complexity index is 498. The van der Waals surface area contributed by atoms with Crippen molar-refractivity contribution in [1.82, 2.24) is 20.0 Å². The van der Waals surface area contributed by atoms with Crippen LogP contribution in [0.1, 0.15) is 12.6 Å². The number of hydrogen-bond donors (Lipinski definition) is 1. The molecule has 1 aliphatic rings. The SMILES string of the molecule is CC(CNC(=O)Cn1ccc(C(F)(F)F)n1)N1CCOCC1. The summed E-state index contributed by atoms with van der Waals surface area (Å²) in [6.45, 7) is 5.16. The van der Waals surface area contributed by atoms with Crippen molar-refractivity contribution in [2.45, 2.75) is 25.7 Å². The molecule has 1 atom stereocenters. The summed E-state index contributed by atoms with van der Waals surface area (Å²) >= 11 is 0. The first kappa shape index (κ1) is 16.8. The Morgan fingerprint density at radius 2 is 2.14 bits per heavy atom. The third kappa shape index (κ3) is 4.70. The Labute approximate surface area is 126 Å². The molecule has 2 heterocycles. The fourth-order valence-electron chi connectivity index (χ4n) is 2.21. The van der Waals surface area contributed by atoms with Crippen molar-refractivity contribution < 1.29 is 22.7 Å². The van der Waals surface area contributed by atoms with Crippen LogP contribution in [0.3, 0.4) is 0 Å². The molecule has 1 saturated heterocycles. The topological polar surface area (TPSA) is 59.4 Å². The van der Waals surface area contributed by atoms with Crippen LogP contribution < -0.4 is 5.32 Å². The van der Waals surface area contributed by atoms with E-state index in [-0.39, 0.29) is 18.5 Å². The average Bonchev–Trinajstić information content (AvgIpc) is 2.94. The monoisotopic (exact) mass is 320 g/mol. The summed E-state index contributed by atoms with van der Waals surface area (Å²) < 4.78 is 43.5. The van der Waals surface area contributed by atoms with Crippen molar-refractivity contribution in [2.24, 2.45) is 0 Å². The lowest BCUT2D eigenvalue weighted by molar-refractivity contribution is -0.141. The molecule has 1 aliphatic heterocycles. The van der Waals surface area contributed by atoms with Gasteiger partial charge in [0.2, 0.25) is 5.91 Å². The zero-order valence-corrected chi connectivity index (χ0v) is 12.3. The van der Waals surface area contributed by atoms with Gasteiger partial charge in [0.25, 0.3) is 0 Å². The van der Waals surface area contributed by atoms with Crippen LogP contribution in [0, 0.1) is 0 Å². The summed E-state index contributed by atoms with van der Waals surface area (Å²) in [6.07, 6.45) is -3.35. The minimum absolute atomic E-state index is 0.149. The van der Waals surface area contributed by atoms with E-state index in [1.165, 1.54) is 0 Å². The summed E-state index contributed by atoms with van der Waals surface area (Å²) in [5.41, 5.74) is -0.998. The van der Waals surface area contributed by atoms with Crippen LogP contribution >= 0.6 is 0 Å². The highest BCUT2D eigenvalue weighted by Crippen LogP contribution is 2.27. The molecule has 0 aliphatic carbocycles. The fraction of sp³-hybridized carbons (Fsp3) is 0.692. The number of morpholine rings is 1. The predicted molar refractivity (Wildman–Crippen MR) is 72.1 cm³/mol. The summed E-state index contributed by atoms with van der Waals surface area (Å²) in [6, 6.07) is 1.00. The summed E-state index contributed by atoms with van der Waals surface area (Å²) in [7, 11) is 0. The van der Waals surface area contributed by atoms with Crippen LogP contribution in [0.4, 0.5) is 13.2 Å². The second-order valence-corrected chi connectivity index (χ2v) is 5.20. The number of alkyl halides is 3. The van der Waals surface area contributed by atoms with E-state index >= 15 is 0 Å². The maximum atomic E-state index is 12.4. The minimum atomic E-state index is -4.49. The number of amides is 1. The van der Waals surface area contributed by atoms with Crippen molar-refractivity contribution in [1.29, 1.82) is 0 Å². The lowest BCUT2D eigenvalue weighted by Gasteiger charge is -2.32. The van der Waals surface area contributed by atoms with E-state index in [1.807, 2.05) is 6.92 Å². The van der Waals surface area contributed by atoms with Gasteiger partial charge in [-0.15, -0.1) is 0 Å². The molecule has 0 aromatic carbocycles. The van der Waals surface area contributed by atoms with Gasteiger partial charge < -0.3 is 10.1 Å². The van der Waals surface area contributed by atoms with Crippen molar-refractivity contribution in [3.8, 4) is 0 Å². The van der Waals surface area contributed by atoms with Crippen LogP contribution in [0.15, 0.2) is 12.3 Å². The molecule has 0 spiro atoms. The highest BCUT2D eigenvalue weighted by atomic mass is 19.4. The molecular weight excluding hydrogens is 301 g/mol. The molecule has 9 heteroatoms. The Kier molecular flexibility index (Phi) is 5.41. The number of aromatic nitrogens is 2. The zero-order chi connectivity index (χ0) is 16.2. The molecule has 1 amide bonds. The van der Waals surface area contributed by atoms with E-state index in [0.29, 0.717) is 19.8 Å². The van der Waals surface area contributed by atoms with Crippen molar-refractivity contribution in [3.05, 3.63) is 18.0 Å². The van der Waals surface area contributed by atoms with Gasteiger partial charge in [-0.3, -0.25) is 14.4 Å². The Hall–Kier alpha value is -1.61. The normalized spacial score (nSPS) is 18.2. The second-order valence-electron chi connectivity index (χ2n) is 5.20. The summed E-state index contributed by atoms with van der Waals surface area (Å²) in [4.78, 5) is 14.0. The van der Waals surface area contributed by atoms with Crippen LogP contribution in [-0.4, -0.2) is 59.5 Å². The molecule has 1 unspecified atom stereocenters. The van der Waals surface area contributed by atoms with Crippen molar-refractivity contribution in [3.63, 3.8) is 0 Å². The molecule has 22 heavy (non-hydrogen) atoms. The Morgan fingerprint density at radius 3 is 2.73 bits per heavy atom. The third-order valence-electron chi connectivity index (χ3n) is 3.50. The fourth-order valence-corrected chi connectivity index (χ4v) is 2.21. The van der Waals surface area contributed by atoms with Crippen LogP contribution in [0.25, 0.3) is 0 Å². The lowest BCUT2D eigenvalue weighted by Crippen LogP contribution is -2.47. The van der Waals surface area contributed by atoms with E-state index in [0.717, 1.165) is 30.0 Å². The molecule has 1 aromatic heterocycles. The molecule has 1 aromatic rings. The van der Waals surface area contributed by atoms with E-state index in [9.17, 15) is 18.0 Å². The Morgan fingerprint density at radius 1 is 1.45 bits per heavy atom. The molecule has 1 fully saturated rings. The van der Waals surface area contributed by atoms with Gasteiger partial charge in [0.1, 0.15) is 6.54 Å². The number of nitrogens with one attached hydrogen (secondary N) is 1. The second kappa shape index (κ2) is 7.10. The molecule has 0 saturated carbocycles.